The van der Waals surface area contributed by atoms with Crippen molar-refractivity contribution < 1.29 is 13.9 Å². The first-order chi connectivity index (χ1) is 10.7. The molecule has 2 unspecified atom stereocenters. The molecule has 6 heteroatoms. The van der Waals surface area contributed by atoms with Crippen molar-refractivity contribution >= 4 is 17.7 Å². The molecule has 0 spiro atoms. The van der Waals surface area contributed by atoms with Crippen LogP contribution in [0.25, 0.3) is 0 Å². The fraction of sp³-hybridized carbons (Fsp3) is 0.562. The summed E-state index contributed by atoms with van der Waals surface area (Å²) in [6.45, 7) is 2.59. The van der Waals surface area contributed by atoms with Gasteiger partial charge in [-0.2, -0.15) is 11.8 Å². The van der Waals surface area contributed by atoms with E-state index in [2.05, 4.69) is 5.32 Å². The summed E-state index contributed by atoms with van der Waals surface area (Å²) in [4.78, 5) is 14.3. The van der Waals surface area contributed by atoms with Crippen LogP contribution < -0.4 is 5.32 Å². The number of nitrogens with one attached hydrogen (secondary N) is 1. The minimum atomic E-state index is -0.270. The van der Waals surface area contributed by atoms with Gasteiger partial charge in [-0.05, 0) is 17.7 Å². The predicted octanol–water partition coefficient (Wildman–Crippen LogP) is 1.82. The van der Waals surface area contributed by atoms with Crippen LogP contribution in [0.5, 0.6) is 0 Å². The van der Waals surface area contributed by atoms with Crippen LogP contribution in [0.15, 0.2) is 24.3 Å². The summed E-state index contributed by atoms with van der Waals surface area (Å²) in [5, 5.41) is 3.39. The average Bonchev–Trinajstić information content (AvgIpc) is 2.56. The Kier molecular flexibility index (Phi) is 5.33. The van der Waals surface area contributed by atoms with Gasteiger partial charge >= 0.3 is 0 Å². The lowest BCUT2D eigenvalue weighted by atomic mass is 10.1. The van der Waals surface area contributed by atoms with Crippen molar-refractivity contribution in [2.45, 2.75) is 18.6 Å². The molecule has 3 rings (SSSR count). The first kappa shape index (κ1) is 15.8. The van der Waals surface area contributed by atoms with Gasteiger partial charge in [-0.15, -0.1) is 0 Å². The maximum Gasteiger partial charge on any atom is 0.224 e. The van der Waals surface area contributed by atoms with Crippen LogP contribution >= 0.6 is 11.8 Å². The molecule has 1 aromatic rings. The van der Waals surface area contributed by atoms with Crippen molar-refractivity contribution in [3.05, 3.63) is 35.6 Å². The summed E-state index contributed by atoms with van der Waals surface area (Å²) in [7, 11) is 0. The highest BCUT2D eigenvalue weighted by Gasteiger charge is 2.27. The van der Waals surface area contributed by atoms with Crippen molar-refractivity contribution in [2.24, 2.45) is 0 Å². The predicted molar refractivity (Wildman–Crippen MR) is 85.4 cm³/mol. The molecule has 1 N–H and O–H groups in total. The molecule has 0 radical (unpaired) electrons. The van der Waals surface area contributed by atoms with Crippen LogP contribution in [-0.2, 0) is 9.53 Å². The lowest BCUT2D eigenvalue weighted by Gasteiger charge is -2.34. The third-order valence-electron chi connectivity index (χ3n) is 4.06. The van der Waals surface area contributed by atoms with Crippen LogP contribution in [0.2, 0.25) is 0 Å². The minimum absolute atomic E-state index is 0.157. The Balaban J connectivity index is 1.58. The van der Waals surface area contributed by atoms with Crippen molar-refractivity contribution in [1.29, 1.82) is 0 Å². The summed E-state index contributed by atoms with van der Waals surface area (Å²) in [5.74, 6) is 1.99. The standard InChI is InChI=1S/C16H21FN2O2S/c17-13-3-1-2-12(8-13)15-10-19(5-6-21-15)16(20)9-14-11-22-7-4-18-14/h1-3,8,14-15,18H,4-7,9-11H2. The molecular formula is C16H21FN2O2S. The molecule has 2 saturated heterocycles. The number of halogens is 1. The van der Waals surface area contributed by atoms with E-state index in [0.29, 0.717) is 26.1 Å². The minimum Gasteiger partial charge on any atom is -0.370 e. The highest BCUT2D eigenvalue weighted by atomic mass is 32.2. The summed E-state index contributed by atoms with van der Waals surface area (Å²) in [6, 6.07) is 6.69. The normalized spacial score (nSPS) is 26.0. The van der Waals surface area contributed by atoms with Gasteiger partial charge in [-0.1, -0.05) is 12.1 Å². The molecule has 1 aromatic carbocycles. The number of nitrogens with zero attached hydrogens (tertiary/aromatic N) is 1. The molecule has 2 aliphatic rings. The third-order valence-corrected chi connectivity index (χ3v) is 5.19. The second-order valence-electron chi connectivity index (χ2n) is 5.68. The maximum absolute atomic E-state index is 13.3. The monoisotopic (exact) mass is 324 g/mol. The molecule has 0 bridgehead atoms. The van der Waals surface area contributed by atoms with Gasteiger partial charge < -0.3 is 15.0 Å². The van der Waals surface area contributed by atoms with Gasteiger partial charge in [0.25, 0.3) is 0 Å². The van der Waals surface area contributed by atoms with Gasteiger partial charge in [-0.3, -0.25) is 4.79 Å². The number of amides is 1. The molecule has 120 valence electrons. The summed E-state index contributed by atoms with van der Waals surface area (Å²) >= 11 is 1.89. The lowest BCUT2D eigenvalue weighted by molar-refractivity contribution is -0.139. The van der Waals surface area contributed by atoms with E-state index in [-0.39, 0.29) is 23.9 Å². The SMILES string of the molecule is O=C(CC1CSCCN1)N1CCOC(c2cccc(F)c2)C1. The average molecular weight is 324 g/mol. The Hall–Kier alpha value is -1.11. The van der Waals surface area contributed by atoms with Gasteiger partial charge in [0.2, 0.25) is 5.91 Å². The molecule has 2 aliphatic heterocycles. The van der Waals surface area contributed by atoms with E-state index in [1.165, 1.54) is 12.1 Å². The lowest BCUT2D eigenvalue weighted by Crippen LogP contribution is -2.46. The second kappa shape index (κ2) is 7.44. The number of carbonyl (C=O) groups excluding carboxylic acids is 1. The van der Waals surface area contributed by atoms with Gasteiger partial charge in [0, 0.05) is 37.1 Å². The van der Waals surface area contributed by atoms with Crippen LogP contribution in [0, 0.1) is 5.82 Å². The van der Waals surface area contributed by atoms with Crippen molar-refractivity contribution in [3.63, 3.8) is 0 Å². The Labute approximate surface area is 134 Å². The van der Waals surface area contributed by atoms with Gasteiger partial charge in [0.15, 0.2) is 0 Å². The van der Waals surface area contributed by atoms with Crippen LogP contribution in [0.4, 0.5) is 4.39 Å². The number of morpholine rings is 1. The number of thioether (sulfide) groups is 1. The fourth-order valence-corrected chi connectivity index (χ4v) is 3.82. The van der Waals surface area contributed by atoms with E-state index in [1.807, 2.05) is 22.7 Å². The zero-order valence-corrected chi connectivity index (χ0v) is 13.3. The first-order valence-electron chi connectivity index (χ1n) is 7.68. The molecule has 0 aromatic heterocycles. The fourth-order valence-electron chi connectivity index (χ4n) is 2.88. The number of hydrogen-bond donors (Lipinski definition) is 1. The van der Waals surface area contributed by atoms with Crippen molar-refractivity contribution in [3.8, 4) is 0 Å². The van der Waals surface area contributed by atoms with Crippen molar-refractivity contribution in [2.75, 3.05) is 37.7 Å². The number of carbonyl (C=O) groups is 1. The Morgan fingerprint density at radius 2 is 2.41 bits per heavy atom. The third kappa shape index (κ3) is 4.00. The molecule has 0 aliphatic carbocycles. The zero-order chi connectivity index (χ0) is 15.4. The molecule has 2 heterocycles. The van der Waals surface area contributed by atoms with Crippen LogP contribution in [-0.4, -0.2) is 54.6 Å². The first-order valence-corrected chi connectivity index (χ1v) is 8.84. The Morgan fingerprint density at radius 1 is 1.50 bits per heavy atom. The topological polar surface area (TPSA) is 41.6 Å². The zero-order valence-electron chi connectivity index (χ0n) is 12.5. The summed E-state index contributed by atoms with van der Waals surface area (Å²) < 4.78 is 19.0. The van der Waals surface area contributed by atoms with Crippen LogP contribution in [0.1, 0.15) is 18.1 Å². The molecule has 22 heavy (non-hydrogen) atoms. The van der Waals surface area contributed by atoms with Gasteiger partial charge in [-0.25, -0.2) is 4.39 Å². The van der Waals surface area contributed by atoms with Crippen molar-refractivity contribution in [1.82, 2.24) is 10.2 Å². The maximum atomic E-state index is 13.3. The number of benzene rings is 1. The van der Waals surface area contributed by atoms with E-state index >= 15 is 0 Å². The van der Waals surface area contributed by atoms with E-state index in [1.54, 1.807) is 6.07 Å². The van der Waals surface area contributed by atoms with Gasteiger partial charge in [0.1, 0.15) is 11.9 Å². The van der Waals surface area contributed by atoms with Gasteiger partial charge in [0.05, 0.1) is 13.2 Å². The molecule has 0 saturated carbocycles. The smallest absolute Gasteiger partial charge is 0.224 e. The molecule has 1 amide bonds. The number of ether oxygens (including phenoxy) is 1. The molecule has 2 atom stereocenters. The molecule has 2 fully saturated rings. The molecular weight excluding hydrogens is 303 g/mol. The number of rotatable bonds is 3. The highest BCUT2D eigenvalue weighted by Crippen LogP contribution is 2.23. The largest absolute Gasteiger partial charge is 0.370 e. The Bertz CT molecular complexity index is 523. The number of hydrogen-bond acceptors (Lipinski definition) is 4. The second-order valence-corrected chi connectivity index (χ2v) is 6.83. The van der Waals surface area contributed by atoms with Crippen LogP contribution in [0.3, 0.4) is 0 Å². The quantitative estimate of drug-likeness (QED) is 0.921. The van der Waals surface area contributed by atoms with E-state index in [4.69, 9.17) is 4.74 Å². The van der Waals surface area contributed by atoms with E-state index in [0.717, 1.165) is 23.6 Å². The van der Waals surface area contributed by atoms with E-state index < -0.39 is 0 Å². The summed E-state index contributed by atoms with van der Waals surface area (Å²) in [6.07, 6.45) is 0.296. The Morgan fingerprint density at radius 3 is 3.18 bits per heavy atom. The van der Waals surface area contributed by atoms with E-state index in [9.17, 15) is 9.18 Å². The molecule has 4 nitrogen and oxygen atoms in total. The highest BCUT2D eigenvalue weighted by molar-refractivity contribution is 7.99. The summed E-state index contributed by atoms with van der Waals surface area (Å²) in [5.41, 5.74) is 0.795.